The molecule has 18 heavy (non-hydrogen) atoms. The highest BCUT2D eigenvalue weighted by Gasteiger charge is 2.31. The fourth-order valence-electron chi connectivity index (χ4n) is 1.86. The molecule has 1 amide bonds. The fourth-order valence-corrected chi connectivity index (χ4v) is 2.22. The predicted octanol–water partition coefficient (Wildman–Crippen LogP) is 1.77. The fraction of sp³-hybridized carbons (Fsp3) is 0.333. The maximum absolute atomic E-state index is 12.1. The van der Waals surface area contributed by atoms with Gasteiger partial charge in [0.1, 0.15) is 12.6 Å². The van der Waals surface area contributed by atoms with Crippen LogP contribution in [0, 0.1) is 0 Å². The molecule has 0 saturated heterocycles. The molecule has 0 spiro atoms. The summed E-state index contributed by atoms with van der Waals surface area (Å²) in [6, 6.07) is 5.13. The molecule has 6 heteroatoms. The van der Waals surface area contributed by atoms with Gasteiger partial charge in [0.15, 0.2) is 0 Å². The quantitative estimate of drug-likeness (QED) is 0.846. The average molecular weight is 313 g/mol. The zero-order valence-electron chi connectivity index (χ0n) is 10.1. The minimum atomic E-state index is -0.439. The second kappa shape index (κ2) is 4.97. The summed E-state index contributed by atoms with van der Waals surface area (Å²) in [6.07, 6.45) is 0. The highest BCUT2D eigenvalue weighted by molar-refractivity contribution is 9.10. The first-order valence-electron chi connectivity index (χ1n) is 5.47. The number of hydrogen-bond acceptors (Lipinski definition) is 4. The first-order chi connectivity index (χ1) is 8.52. The topological polar surface area (TPSA) is 58.6 Å². The van der Waals surface area contributed by atoms with E-state index in [-0.39, 0.29) is 18.5 Å². The van der Waals surface area contributed by atoms with Crippen LogP contribution in [0.3, 0.4) is 0 Å². The van der Waals surface area contributed by atoms with Crippen molar-refractivity contribution in [1.29, 1.82) is 0 Å². The standard InChI is InChI=1S/C12H13BrN2O3/c1-7-12(17)15(6-11(16)18-2)10-4-3-8(13)5-9(10)14-7/h3-5,7,14H,6H2,1-2H3. The van der Waals surface area contributed by atoms with Crippen molar-refractivity contribution < 1.29 is 14.3 Å². The molecule has 1 heterocycles. The number of anilines is 2. The number of fused-ring (bicyclic) bond motifs is 1. The Balaban J connectivity index is 2.39. The van der Waals surface area contributed by atoms with E-state index >= 15 is 0 Å². The third-order valence-corrected chi connectivity index (χ3v) is 3.27. The number of rotatable bonds is 2. The van der Waals surface area contributed by atoms with Crippen molar-refractivity contribution in [2.75, 3.05) is 23.9 Å². The van der Waals surface area contributed by atoms with E-state index in [0.717, 1.165) is 10.2 Å². The molecule has 1 aliphatic rings. The van der Waals surface area contributed by atoms with Crippen molar-refractivity contribution in [2.45, 2.75) is 13.0 Å². The zero-order chi connectivity index (χ0) is 13.3. The van der Waals surface area contributed by atoms with E-state index in [9.17, 15) is 9.59 Å². The lowest BCUT2D eigenvalue weighted by Gasteiger charge is -2.33. The Bertz CT molecular complexity index is 504. The number of hydrogen-bond donors (Lipinski definition) is 1. The number of methoxy groups -OCH3 is 1. The molecule has 1 aromatic carbocycles. The summed E-state index contributed by atoms with van der Waals surface area (Å²) >= 11 is 3.37. The van der Waals surface area contributed by atoms with E-state index in [4.69, 9.17) is 0 Å². The molecule has 1 unspecified atom stereocenters. The number of carbonyl (C=O) groups is 2. The lowest BCUT2D eigenvalue weighted by molar-refractivity contribution is -0.140. The van der Waals surface area contributed by atoms with Gasteiger partial charge in [-0.15, -0.1) is 0 Å². The number of carbonyl (C=O) groups excluding carboxylic acids is 2. The molecule has 5 nitrogen and oxygen atoms in total. The van der Waals surface area contributed by atoms with E-state index in [0.29, 0.717) is 5.69 Å². The minimum Gasteiger partial charge on any atom is -0.468 e. The van der Waals surface area contributed by atoms with Gasteiger partial charge < -0.3 is 10.1 Å². The number of halogens is 1. The Kier molecular flexibility index (Phi) is 3.56. The van der Waals surface area contributed by atoms with Gasteiger partial charge in [-0.3, -0.25) is 14.5 Å². The predicted molar refractivity (Wildman–Crippen MR) is 71.6 cm³/mol. The smallest absolute Gasteiger partial charge is 0.325 e. The number of nitrogens with zero attached hydrogens (tertiary/aromatic N) is 1. The molecule has 0 bridgehead atoms. The van der Waals surface area contributed by atoms with Gasteiger partial charge in [-0.05, 0) is 25.1 Å². The van der Waals surface area contributed by atoms with Gasteiger partial charge in [-0.25, -0.2) is 0 Å². The Morgan fingerprint density at radius 2 is 2.28 bits per heavy atom. The molecule has 0 saturated carbocycles. The van der Waals surface area contributed by atoms with Crippen LogP contribution in [0.1, 0.15) is 6.92 Å². The van der Waals surface area contributed by atoms with Crippen molar-refractivity contribution in [3.8, 4) is 0 Å². The summed E-state index contributed by atoms with van der Waals surface area (Å²) in [7, 11) is 1.31. The number of benzene rings is 1. The average Bonchev–Trinajstić information content (AvgIpc) is 2.34. The van der Waals surface area contributed by atoms with Crippen LogP contribution < -0.4 is 10.2 Å². The molecule has 0 aliphatic carbocycles. The zero-order valence-corrected chi connectivity index (χ0v) is 11.7. The van der Waals surface area contributed by atoms with E-state index in [1.807, 2.05) is 12.1 Å². The second-order valence-electron chi connectivity index (χ2n) is 4.03. The van der Waals surface area contributed by atoms with Crippen molar-refractivity contribution in [2.24, 2.45) is 0 Å². The summed E-state index contributed by atoms with van der Waals surface area (Å²) in [5.41, 5.74) is 1.51. The van der Waals surface area contributed by atoms with Crippen LogP contribution in [0.2, 0.25) is 0 Å². The molecular weight excluding hydrogens is 300 g/mol. The number of nitrogens with one attached hydrogen (secondary N) is 1. The van der Waals surface area contributed by atoms with Gasteiger partial charge >= 0.3 is 5.97 Å². The van der Waals surface area contributed by atoms with Gasteiger partial charge in [-0.2, -0.15) is 0 Å². The van der Waals surface area contributed by atoms with Crippen LogP contribution in [-0.2, 0) is 14.3 Å². The third-order valence-electron chi connectivity index (χ3n) is 2.77. The minimum absolute atomic E-state index is 0.0734. The normalized spacial score (nSPS) is 18.1. The van der Waals surface area contributed by atoms with Crippen LogP contribution in [0.15, 0.2) is 22.7 Å². The molecule has 0 radical (unpaired) electrons. The molecule has 2 rings (SSSR count). The molecule has 96 valence electrons. The largest absolute Gasteiger partial charge is 0.468 e. The van der Waals surface area contributed by atoms with Gasteiger partial charge in [0.2, 0.25) is 5.91 Å². The van der Waals surface area contributed by atoms with E-state index < -0.39 is 5.97 Å². The van der Waals surface area contributed by atoms with E-state index in [1.165, 1.54) is 12.0 Å². The molecule has 1 atom stereocenters. The summed E-state index contributed by atoms with van der Waals surface area (Å²) in [5, 5.41) is 3.10. The SMILES string of the molecule is COC(=O)CN1C(=O)C(C)Nc2cc(Br)ccc21. The monoisotopic (exact) mass is 312 g/mol. The molecule has 1 aliphatic heterocycles. The number of ether oxygens (including phenoxy) is 1. The highest BCUT2D eigenvalue weighted by atomic mass is 79.9. The van der Waals surface area contributed by atoms with Crippen LogP contribution in [-0.4, -0.2) is 31.6 Å². The van der Waals surface area contributed by atoms with Crippen LogP contribution in [0.25, 0.3) is 0 Å². The number of amides is 1. The van der Waals surface area contributed by atoms with Crippen LogP contribution >= 0.6 is 15.9 Å². The van der Waals surface area contributed by atoms with Crippen molar-refractivity contribution in [3.63, 3.8) is 0 Å². The lowest BCUT2D eigenvalue weighted by Crippen LogP contribution is -2.48. The van der Waals surface area contributed by atoms with Crippen molar-refractivity contribution in [3.05, 3.63) is 22.7 Å². The molecule has 1 aromatic rings. The lowest BCUT2D eigenvalue weighted by atomic mass is 10.1. The van der Waals surface area contributed by atoms with E-state index in [1.54, 1.807) is 13.0 Å². The van der Waals surface area contributed by atoms with Gasteiger partial charge in [-0.1, -0.05) is 15.9 Å². The maximum atomic E-state index is 12.1. The first kappa shape index (κ1) is 12.9. The summed E-state index contributed by atoms with van der Waals surface area (Å²) in [5.74, 6) is -0.582. The Morgan fingerprint density at radius 1 is 1.56 bits per heavy atom. The molecular formula is C12H13BrN2O3. The summed E-state index contributed by atoms with van der Waals surface area (Å²) < 4.78 is 5.52. The van der Waals surface area contributed by atoms with Gasteiger partial charge in [0.05, 0.1) is 18.5 Å². The summed E-state index contributed by atoms with van der Waals surface area (Å²) in [6.45, 7) is 1.69. The molecule has 0 fully saturated rings. The van der Waals surface area contributed by atoms with Crippen molar-refractivity contribution >= 4 is 39.2 Å². The molecule has 0 aromatic heterocycles. The van der Waals surface area contributed by atoms with Crippen LogP contribution in [0.5, 0.6) is 0 Å². The first-order valence-corrected chi connectivity index (χ1v) is 6.26. The Labute approximate surface area is 113 Å². The van der Waals surface area contributed by atoms with Crippen LogP contribution in [0.4, 0.5) is 11.4 Å². The third kappa shape index (κ3) is 2.33. The number of esters is 1. The highest BCUT2D eigenvalue weighted by Crippen LogP contribution is 2.33. The Morgan fingerprint density at radius 3 is 2.94 bits per heavy atom. The van der Waals surface area contributed by atoms with Gasteiger partial charge in [0, 0.05) is 4.47 Å². The van der Waals surface area contributed by atoms with Gasteiger partial charge in [0.25, 0.3) is 0 Å². The second-order valence-corrected chi connectivity index (χ2v) is 4.94. The maximum Gasteiger partial charge on any atom is 0.325 e. The molecule has 1 N–H and O–H groups in total. The Hall–Kier alpha value is -1.56. The summed E-state index contributed by atoms with van der Waals surface area (Å²) in [4.78, 5) is 24.9. The van der Waals surface area contributed by atoms with E-state index in [2.05, 4.69) is 26.0 Å². The van der Waals surface area contributed by atoms with Crippen molar-refractivity contribution in [1.82, 2.24) is 0 Å².